The van der Waals surface area contributed by atoms with E-state index in [4.69, 9.17) is 16.3 Å². The Balaban J connectivity index is 1.37. The van der Waals surface area contributed by atoms with E-state index in [-0.39, 0.29) is 18.2 Å². The molecule has 4 rings (SSSR count). The molecule has 1 aliphatic heterocycles. The van der Waals surface area contributed by atoms with E-state index in [0.717, 1.165) is 11.4 Å². The number of benzene rings is 3. The Morgan fingerprint density at radius 2 is 1.59 bits per heavy atom. The highest BCUT2D eigenvalue weighted by molar-refractivity contribution is 6.30. The molecule has 1 fully saturated rings. The smallest absolute Gasteiger partial charge is 0.229 e. The normalized spacial score (nSPS) is 16.0. The fraction of sp³-hybridized carbons (Fsp3) is 0.130. The zero-order valence-corrected chi connectivity index (χ0v) is 16.3. The van der Waals surface area contributed by atoms with Gasteiger partial charge in [0, 0.05) is 29.4 Å². The molecule has 0 bridgehead atoms. The lowest BCUT2D eigenvalue weighted by molar-refractivity contribution is -0.122. The minimum atomic E-state index is -0.404. The molecule has 1 unspecified atom stereocenters. The number of hydrogen-bond acceptors (Lipinski definition) is 3. The zero-order chi connectivity index (χ0) is 20.2. The van der Waals surface area contributed by atoms with Gasteiger partial charge in [-0.2, -0.15) is 0 Å². The Kier molecular flexibility index (Phi) is 5.49. The van der Waals surface area contributed by atoms with Crippen molar-refractivity contribution in [3.63, 3.8) is 0 Å². The van der Waals surface area contributed by atoms with E-state index in [1.54, 1.807) is 53.4 Å². The Bertz CT molecular complexity index is 1000. The first kappa shape index (κ1) is 19.0. The van der Waals surface area contributed by atoms with Crippen LogP contribution < -0.4 is 15.0 Å². The van der Waals surface area contributed by atoms with Crippen molar-refractivity contribution in [3.8, 4) is 11.5 Å². The minimum absolute atomic E-state index is 0.0703. The molecule has 1 heterocycles. The summed E-state index contributed by atoms with van der Waals surface area (Å²) in [5.41, 5.74) is 1.41. The molecule has 1 aliphatic rings. The predicted octanol–water partition coefficient (Wildman–Crippen LogP) is 5.12. The fourth-order valence-electron chi connectivity index (χ4n) is 3.23. The van der Waals surface area contributed by atoms with Gasteiger partial charge in [0.15, 0.2) is 0 Å². The van der Waals surface area contributed by atoms with Crippen molar-refractivity contribution < 1.29 is 14.3 Å². The van der Waals surface area contributed by atoms with E-state index in [0.29, 0.717) is 23.0 Å². The average Bonchev–Trinajstić information content (AvgIpc) is 3.13. The molecule has 1 atom stereocenters. The highest BCUT2D eigenvalue weighted by atomic mass is 35.5. The van der Waals surface area contributed by atoms with Crippen molar-refractivity contribution in [1.29, 1.82) is 0 Å². The Morgan fingerprint density at radius 3 is 2.28 bits per heavy atom. The highest BCUT2D eigenvalue weighted by Gasteiger charge is 2.35. The first-order valence-electron chi connectivity index (χ1n) is 9.28. The van der Waals surface area contributed by atoms with Crippen LogP contribution in [0.3, 0.4) is 0 Å². The van der Waals surface area contributed by atoms with E-state index < -0.39 is 5.92 Å². The molecule has 2 amide bonds. The lowest BCUT2D eigenvalue weighted by Gasteiger charge is -2.17. The summed E-state index contributed by atoms with van der Waals surface area (Å²) >= 11 is 5.90. The van der Waals surface area contributed by atoms with Gasteiger partial charge in [-0.3, -0.25) is 9.59 Å². The summed E-state index contributed by atoms with van der Waals surface area (Å²) in [5, 5.41) is 3.49. The largest absolute Gasteiger partial charge is 0.457 e. The second-order valence-electron chi connectivity index (χ2n) is 6.81. The van der Waals surface area contributed by atoms with E-state index in [1.165, 1.54) is 0 Å². The molecule has 0 aliphatic carbocycles. The van der Waals surface area contributed by atoms with Crippen LogP contribution in [-0.4, -0.2) is 18.4 Å². The standard InChI is InChI=1S/C23H19ClN2O3/c24-17-6-10-19(11-7-17)26-15-16(14-22(26)27)23(28)25-18-8-12-21(13-9-18)29-20-4-2-1-3-5-20/h1-13,16H,14-15H2,(H,25,28). The third-order valence-electron chi connectivity index (χ3n) is 4.73. The van der Waals surface area contributed by atoms with E-state index in [2.05, 4.69) is 5.32 Å². The SMILES string of the molecule is O=C(Nc1ccc(Oc2ccccc2)cc1)C1CC(=O)N(c2ccc(Cl)cc2)C1. The van der Waals surface area contributed by atoms with Gasteiger partial charge in [-0.25, -0.2) is 0 Å². The number of ether oxygens (including phenoxy) is 1. The lowest BCUT2D eigenvalue weighted by atomic mass is 10.1. The summed E-state index contributed by atoms with van der Waals surface area (Å²) in [6.45, 7) is 0.349. The number of carbonyl (C=O) groups excluding carboxylic acids is 2. The maximum Gasteiger partial charge on any atom is 0.229 e. The lowest BCUT2D eigenvalue weighted by Crippen LogP contribution is -2.28. The molecular formula is C23H19ClN2O3. The Labute approximate surface area is 173 Å². The van der Waals surface area contributed by atoms with E-state index >= 15 is 0 Å². The molecule has 3 aromatic rings. The molecule has 1 N–H and O–H groups in total. The van der Waals surface area contributed by atoms with Gasteiger partial charge in [0.05, 0.1) is 5.92 Å². The van der Waals surface area contributed by atoms with Crippen LogP contribution in [0.25, 0.3) is 0 Å². The van der Waals surface area contributed by atoms with Crippen LogP contribution in [0.5, 0.6) is 11.5 Å². The van der Waals surface area contributed by atoms with Crippen molar-refractivity contribution in [2.24, 2.45) is 5.92 Å². The number of anilines is 2. The molecule has 6 heteroatoms. The Morgan fingerprint density at radius 1 is 0.931 bits per heavy atom. The van der Waals surface area contributed by atoms with Gasteiger partial charge in [-0.05, 0) is 60.7 Å². The second-order valence-corrected chi connectivity index (χ2v) is 7.25. The van der Waals surface area contributed by atoms with Gasteiger partial charge >= 0.3 is 0 Å². The average molecular weight is 407 g/mol. The van der Waals surface area contributed by atoms with Crippen LogP contribution in [0, 0.1) is 5.92 Å². The van der Waals surface area contributed by atoms with Crippen LogP contribution in [0.2, 0.25) is 5.02 Å². The van der Waals surface area contributed by atoms with Gasteiger partial charge in [0.2, 0.25) is 11.8 Å². The summed E-state index contributed by atoms with van der Waals surface area (Å²) in [6.07, 6.45) is 0.184. The molecule has 0 radical (unpaired) electrons. The highest BCUT2D eigenvalue weighted by Crippen LogP contribution is 2.28. The molecular weight excluding hydrogens is 388 g/mol. The molecule has 1 saturated heterocycles. The first-order valence-corrected chi connectivity index (χ1v) is 9.66. The molecule has 0 aromatic heterocycles. The van der Waals surface area contributed by atoms with E-state index in [1.807, 2.05) is 30.3 Å². The molecule has 146 valence electrons. The minimum Gasteiger partial charge on any atom is -0.457 e. The monoisotopic (exact) mass is 406 g/mol. The molecule has 3 aromatic carbocycles. The van der Waals surface area contributed by atoms with Crippen LogP contribution in [0.1, 0.15) is 6.42 Å². The summed E-state index contributed by atoms with van der Waals surface area (Å²) in [7, 11) is 0. The summed E-state index contributed by atoms with van der Waals surface area (Å²) in [5.74, 6) is 0.777. The molecule has 0 spiro atoms. The van der Waals surface area contributed by atoms with Gasteiger partial charge in [-0.1, -0.05) is 29.8 Å². The number of rotatable bonds is 5. The van der Waals surface area contributed by atoms with Crippen molar-refractivity contribution in [1.82, 2.24) is 0 Å². The maximum absolute atomic E-state index is 12.6. The first-order chi connectivity index (χ1) is 14.1. The third kappa shape index (κ3) is 4.58. The number of carbonyl (C=O) groups is 2. The van der Waals surface area contributed by atoms with Crippen molar-refractivity contribution in [2.75, 3.05) is 16.8 Å². The maximum atomic E-state index is 12.6. The summed E-state index contributed by atoms with van der Waals surface area (Å²) < 4.78 is 5.75. The molecule has 29 heavy (non-hydrogen) atoms. The topological polar surface area (TPSA) is 58.6 Å². The van der Waals surface area contributed by atoms with Gasteiger partial charge in [0.1, 0.15) is 11.5 Å². The zero-order valence-electron chi connectivity index (χ0n) is 15.5. The van der Waals surface area contributed by atoms with Crippen molar-refractivity contribution in [2.45, 2.75) is 6.42 Å². The van der Waals surface area contributed by atoms with E-state index in [9.17, 15) is 9.59 Å². The summed E-state index contributed by atoms with van der Waals surface area (Å²) in [4.78, 5) is 26.6. The number of para-hydroxylation sites is 1. The van der Waals surface area contributed by atoms with Gasteiger partial charge in [-0.15, -0.1) is 0 Å². The van der Waals surface area contributed by atoms with Crippen LogP contribution in [0.4, 0.5) is 11.4 Å². The number of halogens is 1. The van der Waals surface area contributed by atoms with Crippen LogP contribution >= 0.6 is 11.6 Å². The van der Waals surface area contributed by atoms with Crippen molar-refractivity contribution in [3.05, 3.63) is 83.9 Å². The number of nitrogens with one attached hydrogen (secondary N) is 1. The molecule has 5 nitrogen and oxygen atoms in total. The number of nitrogens with zero attached hydrogens (tertiary/aromatic N) is 1. The third-order valence-corrected chi connectivity index (χ3v) is 4.99. The predicted molar refractivity (Wildman–Crippen MR) is 113 cm³/mol. The fourth-order valence-corrected chi connectivity index (χ4v) is 3.36. The van der Waals surface area contributed by atoms with Crippen LogP contribution in [0.15, 0.2) is 78.9 Å². The number of hydrogen-bond donors (Lipinski definition) is 1. The van der Waals surface area contributed by atoms with Gasteiger partial charge in [0.25, 0.3) is 0 Å². The quantitative estimate of drug-likeness (QED) is 0.639. The van der Waals surface area contributed by atoms with Crippen LogP contribution in [-0.2, 0) is 9.59 Å². The van der Waals surface area contributed by atoms with Gasteiger partial charge < -0.3 is 15.0 Å². The van der Waals surface area contributed by atoms with Crippen molar-refractivity contribution >= 4 is 34.8 Å². The molecule has 0 saturated carbocycles. The number of amides is 2. The Hall–Kier alpha value is -3.31. The second kappa shape index (κ2) is 8.37. The summed E-state index contributed by atoms with van der Waals surface area (Å²) in [6, 6.07) is 23.7.